The summed E-state index contributed by atoms with van der Waals surface area (Å²) >= 11 is 11.3. The van der Waals surface area contributed by atoms with Gasteiger partial charge in [0.25, 0.3) is 0 Å². The predicted octanol–water partition coefficient (Wildman–Crippen LogP) is 2.10. The molecule has 1 aromatic rings. The van der Waals surface area contributed by atoms with Crippen molar-refractivity contribution >= 4 is 33.2 Å². The van der Waals surface area contributed by atoms with Crippen LogP contribution in [0.25, 0.3) is 0 Å². The molecule has 1 aliphatic rings. The lowest BCUT2D eigenvalue weighted by Crippen LogP contribution is -2.32. The Hall–Kier alpha value is -0.400. The van der Waals surface area contributed by atoms with Crippen molar-refractivity contribution in [2.45, 2.75) is 17.9 Å². The minimum Gasteiger partial charge on any atom is -0.326 e. The highest BCUT2D eigenvalue weighted by molar-refractivity contribution is 7.89. The number of hydrogen-bond donors (Lipinski definition) is 1. The van der Waals surface area contributed by atoms with Gasteiger partial charge in [0.15, 0.2) is 5.82 Å². The Morgan fingerprint density at radius 2 is 2.00 bits per heavy atom. The van der Waals surface area contributed by atoms with E-state index in [0.29, 0.717) is 6.54 Å². The molecule has 1 heterocycles. The molecule has 2 atom stereocenters. The van der Waals surface area contributed by atoms with Crippen LogP contribution in [0.4, 0.5) is 4.39 Å². The number of sulfonamides is 1. The Bertz CT molecular complexity index is 599. The Balaban J connectivity index is 2.44. The maximum atomic E-state index is 13.6. The van der Waals surface area contributed by atoms with E-state index in [-0.39, 0.29) is 28.4 Å². The zero-order chi connectivity index (χ0) is 14.4. The van der Waals surface area contributed by atoms with Crippen LogP contribution in [0.5, 0.6) is 0 Å². The molecule has 1 aromatic carbocycles. The molecule has 0 amide bonds. The summed E-state index contributed by atoms with van der Waals surface area (Å²) in [5.74, 6) is -0.883. The summed E-state index contributed by atoms with van der Waals surface area (Å²) in [6.07, 6.45) is 0. The van der Waals surface area contributed by atoms with Crippen molar-refractivity contribution in [3.8, 4) is 0 Å². The van der Waals surface area contributed by atoms with Crippen LogP contribution in [-0.4, -0.2) is 31.9 Å². The van der Waals surface area contributed by atoms with Crippen molar-refractivity contribution in [2.75, 3.05) is 13.1 Å². The van der Waals surface area contributed by atoms with Gasteiger partial charge in [-0.05, 0) is 18.1 Å². The molecule has 0 aromatic heterocycles. The molecule has 0 aliphatic carbocycles. The van der Waals surface area contributed by atoms with E-state index in [1.54, 1.807) is 0 Å². The maximum absolute atomic E-state index is 13.6. The molecule has 0 spiro atoms. The van der Waals surface area contributed by atoms with E-state index >= 15 is 0 Å². The third-order valence-electron chi connectivity index (χ3n) is 3.25. The second kappa shape index (κ2) is 5.18. The first-order chi connectivity index (χ1) is 8.75. The molecule has 8 heteroatoms. The normalized spacial score (nSPS) is 24.9. The predicted molar refractivity (Wildman–Crippen MR) is 72.3 cm³/mol. The standard InChI is InChI=1S/C11H13Cl2FN2O2S/c1-6-4-16(5-8(6)15)19(17,18)9-3-2-7(12)11(14)10(9)13/h2-3,6,8H,4-5,15H2,1H3. The summed E-state index contributed by atoms with van der Waals surface area (Å²) in [6.45, 7) is 2.36. The van der Waals surface area contributed by atoms with Crippen LogP contribution in [0.2, 0.25) is 10.0 Å². The number of benzene rings is 1. The van der Waals surface area contributed by atoms with Gasteiger partial charge >= 0.3 is 0 Å². The number of rotatable bonds is 2. The average Bonchev–Trinajstić information content (AvgIpc) is 2.67. The fourth-order valence-corrected chi connectivity index (χ4v) is 4.29. The fourth-order valence-electron chi connectivity index (χ4n) is 1.99. The molecule has 0 saturated carbocycles. The van der Waals surface area contributed by atoms with Gasteiger partial charge in [0.2, 0.25) is 10.0 Å². The lowest BCUT2D eigenvalue weighted by Gasteiger charge is -2.17. The first-order valence-corrected chi connectivity index (χ1v) is 7.84. The second-order valence-electron chi connectivity index (χ2n) is 4.64. The summed E-state index contributed by atoms with van der Waals surface area (Å²) in [4.78, 5) is -0.280. The molecule has 4 nitrogen and oxygen atoms in total. The van der Waals surface area contributed by atoms with Crippen LogP contribution in [0, 0.1) is 11.7 Å². The number of nitrogens with two attached hydrogens (primary N) is 1. The topological polar surface area (TPSA) is 63.4 Å². The lowest BCUT2D eigenvalue weighted by atomic mass is 10.1. The van der Waals surface area contributed by atoms with Crippen LogP contribution in [0.15, 0.2) is 17.0 Å². The van der Waals surface area contributed by atoms with Gasteiger partial charge in [0.05, 0.1) is 10.0 Å². The van der Waals surface area contributed by atoms with E-state index < -0.39 is 20.9 Å². The van der Waals surface area contributed by atoms with E-state index in [9.17, 15) is 12.8 Å². The van der Waals surface area contributed by atoms with Gasteiger partial charge in [-0.1, -0.05) is 30.1 Å². The summed E-state index contributed by atoms with van der Waals surface area (Å²) < 4.78 is 39.6. The third-order valence-corrected chi connectivity index (χ3v) is 5.90. The minimum atomic E-state index is -3.85. The van der Waals surface area contributed by atoms with E-state index in [0.717, 1.165) is 0 Å². The Morgan fingerprint density at radius 3 is 2.53 bits per heavy atom. The number of nitrogens with zero attached hydrogens (tertiary/aromatic N) is 1. The molecule has 106 valence electrons. The molecule has 2 rings (SSSR count). The summed E-state index contributed by atoms with van der Waals surface area (Å²) in [5.41, 5.74) is 5.80. The molecule has 1 fully saturated rings. The van der Waals surface area contributed by atoms with Gasteiger partial charge in [0.1, 0.15) is 4.90 Å². The lowest BCUT2D eigenvalue weighted by molar-refractivity contribution is 0.463. The highest BCUT2D eigenvalue weighted by atomic mass is 35.5. The van der Waals surface area contributed by atoms with Crippen molar-refractivity contribution in [1.29, 1.82) is 0 Å². The quantitative estimate of drug-likeness (QED) is 0.846. The molecule has 2 N–H and O–H groups in total. The molecule has 19 heavy (non-hydrogen) atoms. The van der Waals surface area contributed by atoms with Gasteiger partial charge in [-0.3, -0.25) is 0 Å². The van der Waals surface area contributed by atoms with Crippen LogP contribution in [0.1, 0.15) is 6.92 Å². The van der Waals surface area contributed by atoms with Crippen molar-refractivity contribution in [1.82, 2.24) is 4.31 Å². The summed E-state index contributed by atoms with van der Waals surface area (Å²) in [7, 11) is -3.85. The highest BCUT2D eigenvalue weighted by Gasteiger charge is 2.36. The molecule has 0 radical (unpaired) electrons. The van der Waals surface area contributed by atoms with Gasteiger partial charge in [-0.15, -0.1) is 0 Å². The molecular formula is C11H13Cl2FN2O2S. The van der Waals surface area contributed by atoms with Crippen molar-refractivity contribution < 1.29 is 12.8 Å². The van der Waals surface area contributed by atoms with Crippen molar-refractivity contribution in [3.63, 3.8) is 0 Å². The summed E-state index contributed by atoms with van der Waals surface area (Å²) in [5, 5.41) is -0.698. The van der Waals surface area contributed by atoms with Gasteiger partial charge in [-0.2, -0.15) is 4.31 Å². The number of hydrogen-bond acceptors (Lipinski definition) is 3. The van der Waals surface area contributed by atoms with Gasteiger partial charge in [-0.25, -0.2) is 12.8 Å². The van der Waals surface area contributed by atoms with Crippen LogP contribution in [-0.2, 0) is 10.0 Å². The SMILES string of the molecule is CC1CN(S(=O)(=O)c2ccc(Cl)c(F)c2Cl)CC1N. The van der Waals surface area contributed by atoms with E-state index in [1.165, 1.54) is 16.4 Å². The Labute approximate surface area is 121 Å². The maximum Gasteiger partial charge on any atom is 0.244 e. The van der Waals surface area contributed by atoms with Crippen LogP contribution < -0.4 is 5.73 Å². The molecule has 1 aliphatic heterocycles. The van der Waals surface area contributed by atoms with Crippen molar-refractivity contribution in [3.05, 3.63) is 28.0 Å². The van der Waals surface area contributed by atoms with E-state index in [1.807, 2.05) is 6.92 Å². The summed E-state index contributed by atoms with van der Waals surface area (Å²) in [6, 6.07) is 2.15. The molecule has 0 bridgehead atoms. The number of halogens is 3. The molecular weight excluding hydrogens is 314 g/mol. The third kappa shape index (κ3) is 2.60. The van der Waals surface area contributed by atoms with Gasteiger partial charge < -0.3 is 5.73 Å². The van der Waals surface area contributed by atoms with Crippen molar-refractivity contribution in [2.24, 2.45) is 11.7 Å². The molecule has 2 unspecified atom stereocenters. The van der Waals surface area contributed by atoms with Crippen LogP contribution >= 0.6 is 23.2 Å². The monoisotopic (exact) mass is 326 g/mol. The Morgan fingerprint density at radius 1 is 1.37 bits per heavy atom. The highest BCUT2D eigenvalue weighted by Crippen LogP contribution is 2.32. The van der Waals surface area contributed by atoms with E-state index in [2.05, 4.69) is 0 Å². The van der Waals surface area contributed by atoms with Gasteiger partial charge in [0, 0.05) is 19.1 Å². The largest absolute Gasteiger partial charge is 0.326 e. The zero-order valence-corrected chi connectivity index (χ0v) is 12.4. The first-order valence-electron chi connectivity index (χ1n) is 5.64. The molecule has 1 saturated heterocycles. The minimum absolute atomic E-state index is 0.0469. The first kappa shape index (κ1) is 15.0. The average molecular weight is 327 g/mol. The fraction of sp³-hybridized carbons (Fsp3) is 0.455. The smallest absolute Gasteiger partial charge is 0.244 e. The second-order valence-corrected chi connectivity index (χ2v) is 7.33. The van der Waals surface area contributed by atoms with E-state index in [4.69, 9.17) is 28.9 Å². The zero-order valence-electron chi connectivity index (χ0n) is 10.1. The Kier molecular flexibility index (Phi) is 4.09. The van der Waals surface area contributed by atoms with Crippen LogP contribution in [0.3, 0.4) is 0 Å².